The van der Waals surface area contributed by atoms with E-state index in [9.17, 15) is 29.8 Å². The molecule has 3 aliphatic rings. The molecule has 0 spiro atoms. The van der Waals surface area contributed by atoms with Crippen LogP contribution in [-0.4, -0.2) is 21.4 Å². The maximum absolute atomic E-state index is 13.5. The van der Waals surface area contributed by atoms with Gasteiger partial charge in [0.1, 0.15) is 11.5 Å². The summed E-state index contributed by atoms with van der Waals surface area (Å²) in [5, 5.41) is 22.6. The lowest BCUT2D eigenvalue weighted by Crippen LogP contribution is -2.37. The Morgan fingerprint density at radius 2 is 1.34 bits per heavy atom. The number of halogens is 2. The van der Waals surface area contributed by atoms with Crippen molar-refractivity contribution in [1.82, 2.24) is 0 Å². The van der Waals surface area contributed by atoms with Gasteiger partial charge in [0.2, 0.25) is 5.75 Å². The molecule has 2 aromatic carbocycles. The normalized spacial score (nSPS) is 19.9. The van der Waals surface area contributed by atoms with E-state index >= 15 is 0 Å². The standard InChI is InChI=1S/C29H26Cl2N2O8/c1-28(2)10-19(34)25-22(12-28)40-23-13-29(3,4)11-20(35)26(23)24(25)14-7-16(30)27(17(31)8-14)41-21-6-5-15(32(36)37)9-18(21)33(38)39/h5-9,24H,10-13H2,1-4H3. The van der Waals surface area contributed by atoms with Crippen LogP contribution in [0.3, 0.4) is 0 Å². The second kappa shape index (κ2) is 9.95. The summed E-state index contributed by atoms with van der Waals surface area (Å²) in [5.41, 5.74) is -0.473. The molecule has 0 fully saturated rings. The van der Waals surface area contributed by atoms with E-state index in [0.29, 0.717) is 41.1 Å². The molecule has 10 nitrogen and oxygen atoms in total. The molecular formula is C29H26Cl2N2O8. The van der Waals surface area contributed by atoms with Gasteiger partial charge < -0.3 is 9.47 Å². The van der Waals surface area contributed by atoms with E-state index in [4.69, 9.17) is 32.7 Å². The quantitative estimate of drug-likeness (QED) is 0.248. The number of nitro groups is 2. The van der Waals surface area contributed by atoms with E-state index in [0.717, 1.165) is 18.2 Å². The Kier molecular flexibility index (Phi) is 6.98. The predicted octanol–water partition coefficient (Wildman–Crippen LogP) is 8.00. The Hall–Kier alpha value is -3.76. The number of hydrogen-bond donors (Lipinski definition) is 0. The first-order valence-electron chi connectivity index (χ1n) is 12.9. The number of ketones is 2. The summed E-state index contributed by atoms with van der Waals surface area (Å²) in [4.78, 5) is 48.2. The van der Waals surface area contributed by atoms with Gasteiger partial charge >= 0.3 is 5.69 Å². The van der Waals surface area contributed by atoms with Gasteiger partial charge in [-0.2, -0.15) is 0 Å². The molecule has 0 radical (unpaired) electrons. The van der Waals surface area contributed by atoms with Crippen molar-refractivity contribution in [1.29, 1.82) is 0 Å². The number of hydrogen-bond acceptors (Lipinski definition) is 8. The third kappa shape index (κ3) is 5.34. The van der Waals surface area contributed by atoms with Crippen LogP contribution in [-0.2, 0) is 14.3 Å². The minimum Gasteiger partial charge on any atom is -0.465 e. The zero-order valence-electron chi connectivity index (χ0n) is 22.7. The van der Waals surface area contributed by atoms with Gasteiger partial charge in [0.05, 0.1) is 26.0 Å². The zero-order valence-corrected chi connectivity index (χ0v) is 24.2. The van der Waals surface area contributed by atoms with E-state index in [1.165, 1.54) is 12.1 Å². The molecule has 5 rings (SSSR count). The number of carbonyl (C=O) groups excluding carboxylic acids is 2. The second-order valence-corrected chi connectivity index (χ2v) is 13.0. The number of carbonyl (C=O) groups is 2. The van der Waals surface area contributed by atoms with E-state index in [1.54, 1.807) is 0 Å². The smallest absolute Gasteiger partial charge is 0.318 e. The Labute approximate surface area is 245 Å². The van der Waals surface area contributed by atoms with Crippen molar-refractivity contribution in [2.75, 3.05) is 0 Å². The molecule has 1 heterocycles. The SMILES string of the molecule is CC1(C)CC(=O)C2=C(C1)OC1=C(C(=O)CC(C)(C)C1)C2c1cc(Cl)c(Oc2ccc([N+](=O)[O-])cc2[N+](=O)[O-])c(Cl)c1. The molecule has 0 bridgehead atoms. The van der Waals surface area contributed by atoms with Gasteiger partial charge in [0, 0.05) is 48.8 Å². The largest absolute Gasteiger partial charge is 0.465 e. The summed E-state index contributed by atoms with van der Waals surface area (Å²) in [7, 11) is 0. The number of benzene rings is 2. The number of nitrogens with zero attached hydrogens (tertiary/aromatic N) is 2. The Bertz CT molecular complexity index is 1550. The maximum Gasteiger partial charge on any atom is 0.318 e. The molecule has 0 aromatic heterocycles. The number of Topliss-reactive ketones (excluding diaryl/α,β-unsaturated/α-hetero) is 2. The average Bonchev–Trinajstić information content (AvgIpc) is 2.83. The van der Waals surface area contributed by atoms with Crippen molar-refractivity contribution in [2.24, 2.45) is 10.8 Å². The molecule has 0 amide bonds. The van der Waals surface area contributed by atoms with Gasteiger partial charge in [-0.15, -0.1) is 0 Å². The van der Waals surface area contributed by atoms with Crippen LogP contribution in [0.2, 0.25) is 10.0 Å². The van der Waals surface area contributed by atoms with Crippen molar-refractivity contribution in [3.05, 3.63) is 88.8 Å². The third-order valence-electron chi connectivity index (χ3n) is 7.50. The van der Waals surface area contributed by atoms with Gasteiger partial charge in [0.15, 0.2) is 17.3 Å². The highest BCUT2D eigenvalue weighted by Gasteiger charge is 2.48. The molecule has 41 heavy (non-hydrogen) atoms. The van der Waals surface area contributed by atoms with E-state index < -0.39 is 27.1 Å². The summed E-state index contributed by atoms with van der Waals surface area (Å²) in [6.45, 7) is 7.96. The third-order valence-corrected chi connectivity index (χ3v) is 8.06. The number of rotatable bonds is 5. The minimum absolute atomic E-state index is 0.0249. The molecule has 0 saturated heterocycles. The first kappa shape index (κ1) is 28.8. The average molecular weight is 601 g/mol. The fraction of sp³-hybridized carbons (Fsp3) is 0.379. The highest BCUT2D eigenvalue weighted by atomic mass is 35.5. The molecule has 2 aromatic rings. The number of allylic oxidation sites excluding steroid dienone is 4. The van der Waals surface area contributed by atoms with Crippen LogP contribution in [0.4, 0.5) is 11.4 Å². The zero-order chi connectivity index (χ0) is 30.0. The number of ether oxygens (including phenoxy) is 2. The minimum atomic E-state index is -0.811. The maximum atomic E-state index is 13.5. The number of nitro benzene ring substituents is 2. The van der Waals surface area contributed by atoms with Crippen molar-refractivity contribution < 1.29 is 28.9 Å². The van der Waals surface area contributed by atoms with Crippen LogP contribution in [0.1, 0.15) is 64.9 Å². The van der Waals surface area contributed by atoms with E-state index in [-0.39, 0.29) is 56.8 Å². The highest BCUT2D eigenvalue weighted by Crippen LogP contribution is 2.54. The summed E-state index contributed by atoms with van der Waals surface area (Å²) in [6.07, 6.45) is 1.59. The van der Waals surface area contributed by atoms with Gasteiger partial charge in [0.25, 0.3) is 5.69 Å². The molecule has 1 aliphatic heterocycles. The molecular weight excluding hydrogens is 575 g/mol. The lowest BCUT2D eigenvalue weighted by atomic mass is 9.65. The van der Waals surface area contributed by atoms with Crippen molar-refractivity contribution in [3.8, 4) is 11.5 Å². The van der Waals surface area contributed by atoms with E-state index in [1.807, 2.05) is 27.7 Å². The molecule has 214 valence electrons. The van der Waals surface area contributed by atoms with Crippen LogP contribution in [0, 0.1) is 31.1 Å². The molecule has 0 saturated carbocycles. The fourth-order valence-corrected chi connectivity index (χ4v) is 6.39. The topological polar surface area (TPSA) is 139 Å². The van der Waals surface area contributed by atoms with Crippen LogP contribution >= 0.6 is 23.2 Å². The summed E-state index contributed by atoms with van der Waals surface area (Å²) >= 11 is 13.2. The van der Waals surface area contributed by atoms with Gasteiger partial charge in [-0.05, 0) is 34.6 Å². The Morgan fingerprint density at radius 3 is 1.80 bits per heavy atom. The fourth-order valence-electron chi connectivity index (χ4n) is 5.81. The number of non-ortho nitro benzene ring substituents is 1. The van der Waals surface area contributed by atoms with Gasteiger partial charge in [-0.25, -0.2) is 0 Å². The van der Waals surface area contributed by atoms with Crippen molar-refractivity contribution in [3.63, 3.8) is 0 Å². The Morgan fingerprint density at radius 1 is 0.829 bits per heavy atom. The molecule has 0 N–H and O–H groups in total. The van der Waals surface area contributed by atoms with E-state index in [2.05, 4.69) is 0 Å². The molecule has 2 aliphatic carbocycles. The van der Waals surface area contributed by atoms with Crippen LogP contribution in [0.25, 0.3) is 0 Å². The monoisotopic (exact) mass is 600 g/mol. The molecule has 0 atom stereocenters. The van der Waals surface area contributed by atoms with Crippen LogP contribution in [0.15, 0.2) is 53.0 Å². The van der Waals surface area contributed by atoms with Crippen molar-refractivity contribution in [2.45, 2.75) is 59.3 Å². The van der Waals surface area contributed by atoms with Crippen molar-refractivity contribution >= 4 is 46.1 Å². The first-order valence-corrected chi connectivity index (χ1v) is 13.6. The first-order chi connectivity index (χ1) is 19.1. The van der Waals surface area contributed by atoms with Crippen LogP contribution < -0.4 is 4.74 Å². The summed E-state index contributed by atoms with van der Waals surface area (Å²) in [6, 6.07) is 5.97. The van der Waals surface area contributed by atoms with Gasteiger partial charge in [-0.3, -0.25) is 29.8 Å². The predicted molar refractivity (Wildman–Crippen MR) is 150 cm³/mol. The summed E-state index contributed by atoms with van der Waals surface area (Å²) in [5.74, 6) is -0.342. The Balaban J connectivity index is 1.62. The van der Waals surface area contributed by atoms with Crippen LogP contribution in [0.5, 0.6) is 11.5 Å². The van der Waals surface area contributed by atoms with Gasteiger partial charge in [-0.1, -0.05) is 50.9 Å². The molecule has 0 unspecified atom stereocenters. The lowest BCUT2D eigenvalue weighted by Gasteiger charge is -2.42. The highest BCUT2D eigenvalue weighted by molar-refractivity contribution is 6.37. The molecule has 12 heteroatoms. The summed E-state index contributed by atoms with van der Waals surface area (Å²) < 4.78 is 12.0. The lowest BCUT2D eigenvalue weighted by molar-refractivity contribution is -0.394. The second-order valence-electron chi connectivity index (χ2n) is 12.2.